The molecular formula is C28H35N3O4. The fourth-order valence-electron chi connectivity index (χ4n) is 3.95. The Hall–Kier alpha value is -3.31. The number of nitrogens with zero attached hydrogens (tertiary/aromatic N) is 3. The number of benzene rings is 2. The minimum absolute atomic E-state index is 0.182. The molecule has 7 heteroatoms. The van der Waals surface area contributed by atoms with Crippen LogP contribution in [0.25, 0.3) is 11.3 Å². The Morgan fingerprint density at radius 1 is 1.06 bits per heavy atom. The number of aryl methyl sites for hydroxylation is 1. The van der Waals surface area contributed by atoms with Gasteiger partial charge in [0.2, 0.25) is 5.88 Å². The third kappa shape index (κ3) is 7.59. The number of aliphatic hydroxyl groups excluding tert-OH is 1. The van der Waals surface area contributed by atoms with Crippen molar-refractivity contribution < 1.29 is 19.3 Å². The first kappa shape index (κ1) is 26.3. The van der Waals surface area contributed by atoms with Crippen LogP contribution in [0, 0.1) is 18.3 Å². The number of terminal acetylenes is 1. The van der Waals surface area contributed by atoms with Crippen molar-refractivity contribution in [2.75, 3.05) is 33.4 Å². The largest absolute Gasteiger partial charge is 0.497 e. The van der Waals surface area contributed by atoms with Gasteiger partial charge in [0, 0.05) is 32.2 Å². The lowest BCUT2D eigenvalue weighted by Gasteiger charge is -2.27. The van der Waals surface area contributed by atoms with Crippen molar-refractivity contribution in [1.29, 1.82) is 0 Å². The first-order valence-electron chi connectivity index (χ1n) is 11.8. The molecule has 1 aromatic heterocycles. The van der Waals surface area contributed by atoms with Crippen LogP contribution in [0.2, 0.25) is 0 Å². The summed E-state index contributed by atoms with van der Waals surface area (Å²) in [6.45, 7) is 6.46. The average molecular weight is 478 g/mol. The molecule has 0 aliphatic rings. The first-order chi connectivity index (χ1) is 16.9. The SMILES string of the molecule is C#CCOC[C@@H](O)CN(Cc1c(-c2ccccc2)nn(C)c1Oc1ccc(OC)cc1)CC(C)C. The fourth-order valence-corrected chi connectivity index (χ4v) is 3.95. The summed E-state index contributed by atoms with van der Waals surface area (Å²) in [5.41, 5.74) is 2.81. The molecule has 1 atom stereocenters. The van der Waals surface area contributed by atoms with Crippen LogP contribution in [0.3, 0.4) is 0 Å². The number of hydrogen-bond donors (Lipinski definition) is 1. The zero-order valence-corrected chi connectivity index (χ0v) is 21.0. The van der Waals surface area contributed by atoms with Gasteiger partial charge < -0.3 is 19.3 Å². The van der Waals surface area contributed by atoms with Crippen molar-refractivity contribution in [3.05, 3.63) is 60.2 Å². The van der Waals surface area contributed by atoms with Gasteiger partial charge in [-0.1, -0.05) is 50.1 Å². The molecule has 3 rings (SSSR count). The topological polar surface area (TPSA) is 69.0 Å². The van der Waals surface area contributed by atoms with E-state index in [0.29, 0.717) is 30.6 Å². The van der Waals surface area contributed by atoms with E-state index in [2.05, 4.69) is 24.7 Å². The third-order valence-corrected chi connectivity index (χ3v) is 5.38. The van der Waals surface area contributed by atoms with E-state index < -0.39 is 6.10 Å². The van der Waals surface area contributed by atoms with E-state index in [1.807, 2.05) is 61.6 Å². The Labute approximate surface area is 208 Å². The van der Waals surface area contributed by atoms with Crippen LogP contribution in [0.1, 0.15) is 19.4 Å². The normalized spacial score (nSPS) is 12.1. The molecule has 0 saturated carbocycles. The predicted molar refractivity (Wildman–Crippen MR) is 137 cm³/mol. The molecule has 0 aliphatic carbocycles. The number of rotatable bonds is 13. The smallest absolute Gasteiger partial charge is 0.222 e. The Morgan fingerprint density at radius 3 is 2.37 bits per heavy atom. The minimum Gasteiger partial charge on any atom is -0.497 e. The second-order valence-corrected chi connectivity index (χ2v) is 8.86. The van der Waals surface area contributed by atoms with E-state index in [1.54, 1.807) is 11.8 Å². The molecule has 0 spiro atoms. The van der Waals surface area contributed by atoms with Crippen LogP contribution in [0.4, 0.5) is 0 Å². The van der Waals surface area contributed by atoms with E-state index in [4.69, 9.17) is 25.7 Å². The monoisotopic (exact) mass is 477 g/mol. The molecule has 1 heterocycles. The van der Waals surface area contributed by atoms with Gasteiger partial charge in [-0.3, -0.25) is 4.90 Å². The molecule has 0 fully saturated rings. The molecule has 35 heavy (non-hydrogen) atoms. The first-order valence-corrected chi connectivity index (χ1v) is 11.8. The number of hydrogen-bond acceptors (Lipinski definition) is 6. The van der Waals surface area contributed by atoms with Gasteiger partial charge in [-0.05, 0) is 30.2 Å². The summed E-state index contributed by atoms with van der Waals surface area (Å²) in [7, 11) is 3.51. The molecule has 186 valence electrons. The van der Waals surface area contributed by atoms with Gasteiger partial charge in [0.05, 0.1) is 25.4 Å². The second-order valence-electron chi connectivity index (χ2n) is 8.86. The number of methoxy groups -OCH3 is 1. The quantitative estimate of drug-likeness (QED) is 0.292. The van der Waals surface area contributed by atoms with E-state index in [-0.39, 0.29) is 13.2 Å². The van der Waals surface area contributed by atoms with E-state index in [1.165, 1.54) is 0 Å². The molecule has 7 nitrogen and oxygen atoms in total. The number of aromatic nitrogens is 2. The van der Waals surface area contributed by atoms with Crippen molar-refractivity contribution in [2.24, 2.45) is 13.0 Å². The summed E-state index contributed by atoms with van der Waals surface area (Å²) in [5.74, 6) is 4.93. The van der Waals surface area contributed by atoms with Crippen molar-refractivity contribution in [2.45, 2.75) is 26.5 Å². The zero-order chi connectivity index (χ0) is 25.2. The summed E-state index contributed by atoms with van der Waals surface area (Å²) in [4.78, 5) is 2.21. The standard InChI is InChI=1S/C28H35N3O4/c1-6-16-34-20-23(32)18-31(17-21(2)3)19-26-27(22-10-8-7-9-11-22)29-30(4)28(26)35-25-14-12-24(33-5)13-15-25/h1,7-15,21,23,32H,16-20H2,2-5H3/t23-/m0/s1. The molecular weight excluding hydrogens is 442 g/mol. The fraction of sp³-hybridized carbons (Fsp3) is 0.393. The summed E-state index contributed by atoms with van der Waals surface area (Å²) >= 11 is 0. The van der Waals surface area contributed by atoms with Crippen LogP contribution in [-0.4, -0.2) is 59.3 Å². The molecule has 0 aliphatic heterocycles. The van der Waals surface area contributed by atoms with Crippen molar-refractivity contribution in [3.8, 4) is 41.0 Å². The van der Waals surface area contributed by atoms with Crippen molar-refractivity contribution >= 4 is 0 Å². The number of ether oxygens (including phenoxy) is 3. The maximum Gasteiger partial charge on any atom is 0.222 e. The molecule has 0 unspecified atom stereocenters. The predicted octanol–water partition coefficient (Wildman–Crippen LogP) is 4.36. The van der Waals surface area contributed by atoms with E-state index >= 15 is 0 Å². The van der Waals surface area contributed by atoms with Gasteiger partial charge in [0.25, 0.3) is 0 Å². The van der Waals surface area contributed by atoms with Crippen molar-refractivity contribution in [1.82, 2.24) is 14.7 Å². The molecule has 0 radical (unpaired) electrons. The van der Waals surface area contributed by atoms with Gasteiger partial charge >= 0.3 is 0 Å². The van der Waals surface area contributed by atoms with Crippen LogP contribution in [0.5, 0.6) is 17.4 Å². The van der Waals surface area contributed by atoms with Gasteiger partial charge in [-0.2, -0.15) is 5.10 Å². The Bertz CT molecular complexity index is 1090. The minimum atomic E-state index is -0.662. The summed E-state index contributed by atoms with van der Waals surface area (Å²) in [5, 5.41) is 15.4. The van der Waals surface area contributed by atoms with Crippen molar-refractivity contribution in [3.63, 3.8) is 0 Å². The van der Waals surface area contributed by atoms with Gasteiger partial charge in [-0.25, -0.2) is 4.68 Å². The lowest BCUT2D eigenvalue weighted by atomic mass is 10.1. The molecule has 0 amide bonds. The van der Waals surface area contributed by atoms with Gasteiger partial charge in [-0.15, -0.1) is 6.42 Å². The Morgan fingerprint density at radius 2 is 1.74 bits per heavy atom. The lowest BCUT2D eigenvalue weighted by Crippen LogP contribution is -2.37. The molecule has 0 saturated heterocycles. The van der Waals surface area contributed by atoms with E-state index in [0.717, 1.165) is 29.1 Å². The summed E-state index contributed by atoms with van der Waals surface area (Å²) < 4.78 is 18.7. The highest BCUT2D eigenvalue weighted by Crippen LogP contribution is 2.34. The number of aliphatic hydroxyl groups is 1. The van der Waals surface area contributed by atoms with E-state index in [9.17, 15) is 5.11 Å². The highest BCUT2D eigenvalue weighted by atomic mass is 16.5. The Kier molecular flexibility index (Phi) is 9.74. The maximum atomic E-state index is 10.6. The Balaban J connectivity index is 1.94. The maximum absolute atomic E-state index is 10.6. The molecule has 0 bridgehead atoms. The van der Waals surface area contributed by atoms with Gasteiger partial charge in [0.1, 0.15) is 23.8 Å². The summed E-state index contributed by atoms with van der Waals surface area (Å²) in [6, 6.07) is 17.5. The highest BCUT2D eigenvalue weighted by molar-refractivity contribution is 5.65. The zero-order valence-electron chi connectivity index (χ0n) is 21.0. The second kappa shape index (κ2) is 13.0. The highest BCUT2D eigenvalue weighted by Gasteiger charge is 2.24. The molecule has 1 N–H and O–H groups in total. The van der Waals surface area contributed by atoms with Crippen LogP contribution in [-0.2, 0) is 18.3 Å². The lowest BCUT2D eigenvalue weighted by molar-refractivity contribution is 0.0237. The average Bonchev–Trinajstić information content (AvgIpc) is 3.14. The molecule has 2 aromatic carbocycles. The third-order valence-electron chi connectivity index (χ3n) is 5.38. The summed E-state index contributed by atoms with van der Waals surface area (Å²) in [6.07, 6.45) is 4.60. The van der Waals surface area contributed by atoms with Crippen LogP contribution in [0.15, 0.2) is 54.6 Å². The van der Waals surface area contributed by atoms with Crippen LogP contribution >= 0.6 is 0 Å². The van der Waals surface area contributed by atoms with Gasteiger partial charge in [0.15, 0.2) is 0 Å². The molecule has 3 aromatic rings. The van der Waals surface area contributed by atoms with Crippen LogP contribution < -0.4 is 9.47 Å².